The first kappa shape index (κ1) is 12.0. The van der Waals surface area contributed by atoms with Crippen LogP contribution in [0.2, 0.25) is 0 Å². The van der Waals surface area contributed by atoms with Gasteiger partial charge in [-0.25, -0.2) is 4.39 Å². The summed E-state index contributed by atoms with van der Waals surface area (Å²) in [6, 6.07) is 9.25. The summed E-state index contributed by atoms with van der Waals surface area (Å²) in [5.74, 6) is -0.967. The van der Waals surface area contributed by atoms with Gasteiger partial charge in [0, 0.05) is 5.56 Å². The molecule has 0 saturated carbocycles. The molecule has 0 spiro atoms. The van der Waals surface area contributed by atoms with Crippen LogP contribution in [0, 0.1) is 5.82 Å². The molecule has 6 heteroatoms. The Bertz CT molecular complexity index is 558. The van der Waals surface area contributed by atoms with Gasteiger partial charge in [0.05, 0.1) is 5.69 Å². The predicted octanol–water partition coefficient (Wildman–Crippen LogP) is 1.78. The van der Waals surface area contributed by atoms with E-state index in [1.165, 1.54) is 12.1 Å². The van der Waals surface area contributed by atoms with Gasteiger partial charge in [-0.05, 0) is 24.3 Å². The average molecular weight is 247 g/mol. The van der Waals surface area contributed by atoms with Crippen molar-refractivity contribution >= 4 is 11.8 Å². The van der Waals surface area contributed by atoms with Crippen molar-refractivity contribution < 1.29 is 14.3 Å². The Hall–Kier alpha value is -2.50. The Labute approximate surface area is 102 Å². The number of nitrogens with one attached hydrogen (secondary N) is 1. The number of carboxylic acid groups (broad SMARTS) is 1. The Morgan fingerprint density at radius 3 is 2.72 bits per heavy atom. The molecule has 1 aromatic heterocycles. The second-order valence-electron chi connectivity index (χ2n) is 3.56. The highest BCUT2D eigenvalue weighted by Crippen LogP contribution is 2.17. The number of aliphatic carboxylic acids is 1. The van der Waals surface area contributed by atoms with Crippen LogP contribution in [0.3, 0.4) is 0 Å². The molecule has 1 heterocycles. The number of benzene rings is 1. The minimum Gasteiger partial charge on any atom is -0.480 e. The molecular formula is C12H10FN3O2. The zero-order valence-electron chi connectivity index (χ0n) is 9.30. The molecule has 0 aliphatic carbocycles. The van der Waals surface area contributed by atoms with Crippen LogP contribution in [-0.2, 0) is 4.79 Å². The number of aromatic nitrogens is 2. The van der Waals surface area contributed by atoms with Crippen LogP contribution in [0.15, 0.2) is 36.4 Å². The molecule has 18 heavy (non-hydrogen) atoms. The fraction of sp³-hybridized carbons (Fsp3) is 0.0833. The highest BCUT2D eigenvalue weighted by atomic mass is 19.1. The average Bonchev–Trinajstić information content (AvgIpc) is 2.37. The molecule has 92 valence electrons. The molecule has 0 aliphatic rings. The zero-order chi connectivity index (χ0) is 13.0. The van der Waals surface area contributed by atoms with Crippen molar-refractivity contribution in [1.29, 1.82) is 0 Å². The van der Waals surface area contributed by atoms with Crippen LogP contribution in [0.4, 0.5) is 10.2 Å². The molecule has 0 bridgehead atoms. The smallest absolute Gasteiger partial charge is 0.322 e. The van der Waals surface area contributed by atoms with E-state index in [-0.39, 0.29) is 12.4 Å². The molecule has 0 saturated heterocycles. The first-order valence-electron chi connectivity index (χ1n) is 5.20. The minimum atomic E-state index is -0.981. The molecular weight excluding hydrogens is 237 g/mol. The number of nitrogens with zero attached hydrogens (tertiary/aromatic N) is 2. The molecule has 5 nitrogen and oxygen atoms in total. The zero-order valence-corrected chi connectivity index (χ0v) is 9.30. The van der Waals surface area contributed by atoms with E-state index in [1.54, 1.807) is 24.3 Å². The third-order valence-electron chi connectivity index (χ3n) is 2.21. The summed E-state index contributed by atoms with van der Waals surface area (Å²) in [5.41, 5.74) is 1.14. The summed E-state index contributed by atoms with van der Waals surface area (Å²) in [4.78, 5) is 10.3. The number of hydrogen-bond donors (Lipinski definition) is 2. The van der Waals surface area contributed by atoms with Crippen LogP contribution in [0.25, 0.3) is 11.3 Å². The lowest BCUT2D eigenvalue weighted by molar-refractivity contribution is -0.134. The second kappa shape index (κ2) is 5.22. The minimum absolute atomic E-state index is 0.228. The molecule has 0 fully saturated rings. The van der Waals surface area contributed by atoms with Crippen LogP contribution in [-0.4, -0.2) is 27.8 Å². The van der Waals surface area contributed by atoms with Gasteiger partial charge in [0.15, 0.2) is 0 Å². The number of anilines is 1. The molecule has 2 N–H and O–H groups in total. The second-order valence-corrected chi connectivity index (χ2v) is 3.56. The maximum Gasteiger partial charge on any atom is 0.322 e. The van der Waals surface area contributed by atoms with E-state index in [1.807, 2.05) is 0 Å². The quantitative estimate of drug-likeness (QED) is 0.861. The number of hydrogen-bond acceptors (Lipinski definition) is 4. The van der Waals surface area contributed by atoms with Crippen molar-refractivity contribution in [2.45, 2.75) is 0 Å². The van der Waals surface area contributed by atoms with E-state index in [9.17, 15) is 9.18 Å². The Morgan fingerprint density at radius 2 is 2.11 bits per heavy atom. The maximum atomic E-state index is 13.0. The SMILES string of the molecule is O=C(O)CNc1ccc(-c2cccc(F)c2)nn1. The van der Waals surface area contributed by atoms with Crippen LogP contribution in [0.5, 0.6) is 0 Å². The normalized spacial score (nSPS) is 10.1. The van der Waals surface area contributed by atoms with E-state index in [0.29, 0.717) is 17.1 Å². The van der Waals surface area contributed by atoms with Crippen molar-refractivity contribution in [3.63, 3.8) is 0 Å². The van der Waals surface area contributed by atoms with E-state index in [0.717, 1.165) is 0 Å². The van der Waals surface area contributed by atoms with Crippen molar-refractivity contribution in [3.8, 4) is 11.3 Å². The summed E-state index contributed by atoms with van der Waals surface area (Å²) in [6.45, 7) is -0.228. The van der Waals surface area contributed by atoms with Crippen LogP contribution in [0.1, 0.15) is 0 Å². The standard InChI is InChI=1S/C12H10FN3O2/c13-9-3-1-2-8(6-9)10-4-5-11(16-15-10)14-7-12(17)18/h1-6H,7H2,(H,14,16)(H,17,18). The van der Waals surface area contributed by atoms with Gasteiger partial charge in [0.1, 0.15) is 18.2 Å². The van der Waals surface area contributed by atoms with Crippen molar-refractivity contribution in [2.24, 2.45) is 0 Å². The lowest BCUT2D eigenvalue weighted by Crippen LogP contribution is -2.13. The molecule has 0 amide bonds. The van der Waals surface area contributed by atoms with E-state index < -0.39 is 5.97 Å². The molecule has 2 aromatic rings. The van der Waals surface area contributed by atoms with Crippen LogP contribution < -0.4 is 5.32 Å². The van der Waals surface area contributed by atoms with Crippen molar-refractivity contribution in [3.05, 3.63) is 42.2 Å². The molecule has 0 radical (unpaired) electrons. The third kappa shape index (κ3) is 3.00. The molecule has 0 unspecified atom stereocenters. The Balaban J connectivity index is 2.14. The largest absolute Gasteiger partial charge is 0.480 e. The summed E-state index contributed by atoms with van der Waals surface area (Å²) < 4.78 is 13.0. The van der Waals surface area contributed by atoms with Gasteiger partial charge in [0.25, 0.3) is 0 Å². The Morgan fingerprint density at radius 1 is 1.28 bits per heavy atom. The fourth-order valence-electron chi connectivity index (χ4n) is 1.39. The summed E-state index contributed by atoms with van der Waals surface area (Å²) in [5, 5.41) is 18.8. The number of halogens is 1. The number of rotatable bonds is 4. The predicted molar refractivity (Wildman–Crippen MR) is 63.6 cm³/mol. The maximum absolute atomic E-state index is 13.0. The number of carboxylic acids is 1. The van der Waals surface area contributed by atoms with Crippen LogP contribution >= 0.6 is 0 Å². The van der Waals surface area contributed by atoms with Gasteiger partial charge in [-0.3, -0.25) is 4.79 Å². The first-order chi connectivity index (χ1) is 8.65. The van der Waals surface area contributed by atoms with Crippen molar-refractivity contribution in [2.75, 3.05) is 11.9 Å². The highest BCUT2D eigenvalue weighted by Gasteiger charge is 2.03. The highest BCUT2D eigenvalue weighted by molar-refractivity contribution is 5.72. The summed E-state index contributed by atoms with van der Waals surface area (Å²) >= 11 is 0. The number of carbonyl (C=O) groups is 1. The van der Waals surface area contributed by atoms with Gasteiger partial charge in [-0.1, -0.05) is 12.1 Å². The van der Waals surface area contributed by atoms with Gasteiger partial charge < -0.3 is 10.4 Å². The fourth-order valence-corrected chi connectivity index (χ4v) is 1.39. The van der Waals surface area contributed by atoms with Gasteiger partial charge in [0.2, 0.25) is 0 Å². The monoisotopic (exact) mass is 247 g/mol. The molecule has 2 rings (SSSR count). The van der Waals surface area contributed by atoms with E-state index in [4.69, 9.17) is 5.11 Å². The van der Waals surface area contributed by atoms with Gasteiger partial charge in [-0.15, -0.1) is 10.2 Å². The first-order valence-corrected chi connectivity index (χ1v) is 5.20. The third-order valence-corrected chi connectivity index (χ3v) is 2.21. The van der Waals surface area contributed by atoms with E-state index >= 15 is 0 Å². The summed E-state index contributed by atoms with van der Waals surface area (Å²) in [7, 11) is 0. The van der Waals surface area contributed by atoms with Gasteiger partial charge >= 0.3 is 5.97 Å². The molecule has 0 atom stereocenters. The lowest BCUT2D eigenvalue weighted by atomic mass is 10.1. The van der Waals surface area contributed by atoms with E-state index in [2.05, 4.69) is 15.5 Å². The lowest BCUT2D eigenvalue weighted by Gasteiger charge is -2.03. The molecule has 1 aromatic carbocycles. The molecule has 0 aliphatic heterocycles. The topological polar surface area (TPSA) is 75.1 Å². The Kier molecular flexibility index (Phi) is 3.47. The van der Waals surface area contributed by atoms with Gasteiger partial charge in [-0.2, -0.15) is 0 Å². The summed E-state index contributed by atoms with van der Waals surface area (Å²) in [6.07, 6.45) is 0. The van der Waals surface area contributed by atoms with Crippen molar-refractivity contribution in [1.82, 2.24) is 10.2 Å².